The Morgan fingerprint density at radius 1 is 1.31 bits per heavy atom. The van der Waals surface area contributed by atoms with Crippen molar-refractivity contribution < 1.29 is 17.6 Å². The molecule has 1 atom stereocenters. The molecule has 0 unspecified atom stereocenters. The number of nitrogens with two attached hydrogens (primary N) is 1. The van der Waals surface area contributed by atoms with Crippen LogP contribution in [0.4, 0.5) is 17.6 Å². The highest BCUT2D eigenvalue weighted by atomic mass is 79.9. The summed E-state index contributed by atoms with van der Waals surface area (Å²) in [5.41, 5.74) is 6.08. The molecule has 0 radical (unpaired) electrons. The average molecular weight is 300 g/mol. The summed E-state index contributed by atoms with van der Waals surface area (Å²) in [4.78, 5) is 0. The molecule has 0 bridgehead atoms. The molecular weight excluding hydrogens is 290 g/mol. The van der Waals surface area contributed by atoms with E-state index in [1.807, 2.05) is 0 Å². The van der Waals surface area contributed by atoms with Gasteiger partial charge in [0, 0.05) is 16.9 Å². The zero-order chi connectivity index (χ0) is 12.3. The van der Waals surface area contributed by atoms with E-state index in [-0.39, 0.29) is 6.42 Å². The molecule has 0 aromatic heterocycles. The lowest BCUT2D eigenvalue weighted by Crippen LogP contribution is -2.16. The van der Waals surface area contributed by atoms with Crippen LogP contribution in [0.3, 0.4) is 0 Å². The number of hydrogen-bond donors (Lipinski definition) is 1. The fraction of sp³-hybridized carbons (Fsp3) is 0.400. The van der Waals surface area contributed by atoms with Crippen LogP contribution in [0.5, 0.6) is 0 Å². The number of halogens is 5. The lowest BCUT2D eigenvalue weighted by molar-refractivity contribution is -0.136. The SMILES string of the molecule is N[C@@H](CCC(F)(F)F)c1ccc(F)cc1Br. The van der Waals surface area contributed by atoms with E-state index >= 15 is 0 Å². The first-order chi connectivity index (χ1) is 7.29. The summed E-state index contributed by atoms with van der Waals surface area (Å²) in [6.45, 7) is 0. The molecule has 0 spiro atoms. The molecule has 0 fully saturated rings. The van der Waals surface area contributed by atoms with Gasteiger partial charge in [0.25, 0.3) is 0 Å². The maximum absolute atomic E-state index is 12.7. The van der Waals surface area contributed by atoms with Gasteiger partial charge >= 0.3 is 6.18 Å². The lowest BCUT2D eigenvalue weighted by atomic mass is 10.0. The van der Waals surface area contributed by atoms with Crippen molar-refractivity contribution in [2.75, 3.05) is 0 Å². The summed E-state index contributed by atoms with van der Waals surface area (Å²) in [7, 11) is 0. The van der Waals surface area contributed by atoms with Gasteiger partial charge in [0.05, 0.1) is 0 Å². The molecule has 6 heteroatoms. The molecule has 0 aliphatic rings. The fourth-order valence-electron chi connectivity index (χ4n) is 1.28. The maximum atomic E-state index is 12.7. The minimum absolute atomic E-state index is 0.215. The zero-order valence-electron chi connectivity index (χ0n) is 8.19. The van der Waals surface area contributed by atoms with Gasteiger partial charge in [-0.2, -0.15) is 13.2 Å². The Labute approximate surface area is 98.8 Å². The highest BCUT2D eigenvalue weighted by molar-refractivity contribution is 9.10. The molecule has 0 aliphatic heterocycles. The predicted molar refractivity (Wildman–Crippen MR) is 56.3 cm³/mol. The topological polar surface area (TPSA) is 26.0 Å². The second-order valence-corrected chi connectivity index (χ2v) is 4.28. The summed E-state index contributed by atoms with van der Waals surface area (Å²) in [5.74, 6) is -0.460. The van der Waals surface area contributed by atoms with Crippen molar-refractivity contribution >= 4 is 15.9 Å². The molecule has 2 N–H and O–H groups in total. The molecular formula is C10H10BrF4N. The van der Waals surface area contributed by atoms with E-state index in [0.717, 1.165) is 0 Å². The normalized spacial score (nSPS) is 13.9. The Morgan fingerprint density at radius 3 is 2.44 bits per heavy atom. The van der Waals surface area contributed by atoms with Gasteiger partial charge in [-0.15, -0.1) is 0 Å². The van der Waals surface area contributed by atoms with Crippen molar-refractivity contribution in [2.45, 2.75) is 25.1 Å². The van der Waals surface area contributed by atoms with Crippen molar-refractivity contribution in [1.82, 2.24) is 0 Å². The molecule has 0 aliphatic carbocycles. The molecule has 0 saturated heterocycles. The second kappa shape index (κ2) is 5.14. The standard InChI is InChI=1S/C10H10BrF4N/c11-8-5-6(12)1-2-7(8)9(16)3-4-10(13,14)15/h1-2,5,9H,3-4,16H2/t9-/m0/s1. The molecule has 1 nitrogen and oxygen atoms in total. The third-order valence-electron chi connectivity index (χ3n) is 2.10. The van der Waals surface area contributed by atoms with Crippen molar-refractivity contribution in [3.05, 3.63) is 34.1 Å². The van der Waals surface area contributed by atoms with E-state index in [0.29, 0.717) is 10.0 Å². The molecule has 1 rings (SSSR count). The number of benzene rings is 1. The first-order valence-corrected chi connectivity index (χ1v) is 5.36. The van der Waals surface area contributed by atoms with E-state index in [1.165, 1.54) is 18.2 Å². The maximum Gasteiger partial charge on any atom is 0.389 e. The monoisotopic (exact) mass is 299 g/mol. The fourth-order valence-corrected chi connectivity index (χ4v) is 1.92. The van der Waals surface area contributed by atoms with Crippen LogP contribution in [-0.4, -0.2) is 6.18 Å². The van der Waals surface area contributed by atoms with Crippen LogP contribution in [0.15, 0.2) is 22.7 Å². The van der Waals surface area contributed by atoms with E-state index in [4.69, 9.17) is 5.73 Å². The largest absolute Gasteiger partial charge is 0.389 e. The van der Waals surface area contributed by atoms with Crippen LogP contribution in [0, 0.1) is 5.82 Å². The van der Waals surface area contributed by atoms with Gasteiger partial charge in [-0.1, -0.05) is 22.0 Å². The highest BCUT2D eigenvalue weighted by Crippen LogP contribution is 2.29. The number of rotatable bonds is 3. The van der Waals surface area contributed by atoms with Gasteiger partial charge < -0.3 is 5.73 Å². The Kier molecular flexibility index (Phi) is 4.32. The molecule has 1 aromatic rings. The van der Waals surface area contributed by atoms with Crippen molar-refractivity contribution in [3.8, 4) is 0 Å². The molecule has 0 saturated carbocycles. The van der Waals surface area contributed by atoms with Gasteiger partial charge in [0.1, 0.15) is 5.82 Å². The second-order valence-electron chi connectivity index (χ2n) is 3.43. The van der Waals surface area contributed by atoms with Crippen LogP contribution in [0.2, 0.25) is 0 Å². The summed E-state index contributed by atoms with van der Waals surface area (Å²) in [5, 5.41) is 0. The third kappa shape index (κ3) is 4.09. The summed E-state index contributed by atoms with van der Waals surface area (Å²) in [6.07, 6.45) is -5.38. The van der Waals surface area contributed by atoms with Gasteiger partial charge in [-0.3, -0.25) is 0 Å². The first-order valence-electron chi connectivity index (χ1n) is 4.57. The molecule has 1 aromatic carbocycles. The minimum Gasteiger partial charge on any atom is -0.324 e. The van der Waals surface area contributed by atoms with Crippen LogP contribution in [0.25, 0.3) is 0 Å². The van der Waals surface area contributed by atoms with Crippen molar-refractivity contribution in [1.29, 1.82) is 0 Å². The smallest absolute Gasteiger partial charge is 0.324 e. The van der Waals surface area contributed by atoms with Gasteiger partial charge in [-0.25, -0.2) is 4.39 Å². The van der Waals surface area contributed by atoms with E-state index in [9.17, 15) is 17.6 Å². The predicted octanol–water partition coefficient (Wildman–Crippen LogP) is 3.93. The molecule has 0 amide bonds. The Morgan fingerprint density at radius 2 is 1.94 bits per heavy atom. The summed E-state index contributed by atoms with van der Waals surface area (Å²) in [6, 6.07) is 2.99. The Balaban J connectivity index is 2.70. The van der Waals surface area contributed by atoms with Crippen molar-refractivity contribution in [3.63, 3.8) is 0 Å². The third-order valence-corrected chi connectivity index (χ3v) is 2.79. The van der Waals surface area contributed by atoms with E-state index in [1.54, 1.807) is 0 Å². The Hall–Kier alpha value is -0.620. The van der Waals surface area contributed by atoms with Crippen LogP contribution < -0.4 is 5.73 Å². The summed E-state index contributed by atoms with van der Waals surface area (Å²) >= 11 is 3.07. The van der Waals surface area contributed by atoms with Crippen LogP contribution in [-0.2, 0) is 0 Å². The highest BCUT2D eigenvalue weighted by Gasteiger charge is 2.28. The van der Waals surface area contributed by atoms with E-state index in [2.05, 4.69) is 15.9 Å². The number of alkyl halides is 3. The van der Waals surface area contributed by atoms with Gasteiger partial charge in [0.2, 0.25) is 0 Å². The molecule has 16 heavy (non-hydrogen) atoms. The van der Waals surface area contributed by atoms with Gasteiger partial charge in [0.15, 0.2) is 0 Å². The average Bonchev–Trinajstić information content (AvgIpc) is 2.13. The molecule has 90 valence electrons. The summed E-state index contributed by atoms with van der Waals surface area (Å²) < 4.78 is 49.0. The zero-order valence-corrected chi connectivity index (χ0v) is 9.78. The lowest BCUT2D eigenvalue weighted by Gasteiger charge is -2.15. The van der Waals surface area contributed by atoms with Crippen molar-refractivity contribution in [2.24, 2.45) is 5.73 Å². The number of hydrogen-bond acceptors (Lipinski definition) is 1. The quantitative estimate of drug-likeness (QED) is 0.841. The minimum atomic E-state index is -4.22. The Bertz CT molecular complexity index is 364. The van der Waals surface area contributed by atoms with Crippen LogP contribution >= 0.6 is 15.9 Å². The van der Waals surface area contributed by atoms with Crippen LogP contribution in [0.1, 0.15) is 24.4 Å². The first kappa shape index (κ1) is 13.4. The molecule has 0 heterocycles. The van der Waals surface area contributed by atoms with Gasteiger partial charge in [-0.05, 0) is 24.1 Å². The van der Waals surface area contributed by atoms with E-state index < -0.39 is 24.5 Å².